The lowest BCUT2D eigenvalue weighted by molar-refractivity contribution is -0.145. The summed E-state index contributed by atoms with van der Waals surface area (Å²) in [4.78, 5) is 36.5. The first-order valence-corrected chi connectivity index (χ1v) is 9.30. The van der Waals surface area contributed by atoms with Crippen LogP contribution in [0.2, 0.25) is 5.02 Å². The van der Waals surface area contributed by atoms with Gasteiger partial charge < -0.3 is 15.4 Å². The molecule has 0 saturated carbocycles. The number of rotatable bonds is 8. The summed E-state index contributed by atoms with van der Waals surface area (Å²) < 4.78 is 18.2. The van der Waals surface area contributed by atoms with Crippen LogP contribution in [0.25, 0.3) is 0 Å². The van der Waals surface area contributed by atoms with Gasteiger partial charge in [-0.25, -0.2) is 9.18 Å². The normalized spacial score (nSPS) is 12.6. The van der Waals surface area contributed by atoms with E-state index >= 15 is 0 Å². The second-order valence-corrected chi connectivity index (χ2v) is 6.94. The highest BCUT2D eigenvalue weighted by atomic mass is 35.5. The average Bonchev–Trinajstić information content (AvgIpc) is 2.66. The van der Waals surface area contributed by atoms with Crippen LogP contribution in [0.3, 0.4) is 0 Å². The summed E-state index contributed by atoms with van der Waals surface area (Å²) in [5.41, 5.74) is 1.26. The van der Waals surface area contributed by atoms with Crippen molar-refractivity contribution in [2.45, 2.75) is 31.8 Å². The fourth-order valence-electron chi connectivity index (χ4n) is 2.86. The number of carbonyl (C=O) groups excluding carboxylic acids is 3. The molecule has 0 aromatic heterocycles. The molecule has 0 aliphatic heterocycles. The Balaban J connectivity index is 2.17. The van der Waals surface area contributed by atoms with E-state index in [-0.39, 0.29) is 12.8 Å². The zero-order chi connectivity index (χ0) is 21.4. The van der Waals surface area contributed by atoms with E-state index in [4.69, 9.17) is 16.3 Å². The second-order valence-electron chi connectivity index (χ2n) is 6.51. The van der Waals surface area contributed by atoms with Gasteiger partial charge in [-0.15, -0.1) is 0 Å². The van der Waals surface area contributed by atoms with Crippen molar-refractivity contribution < 1.29 is 23.5 Å². The van der Waals surface area contributed by atoms with Crippen LogP contribution in [0.15, 0.2) is 48.5 Å². The van der Waals surface area contributed by atoms with Crippen molar-refractivity contribution in [2.75, 3.05) is 7.11 Å². The van der Waals surface area contributed by atoms with E-state index < -0.39 is 35.7 Å². The molecule has 2 N–H and O–H groups in total. The van der Waals surface area contributed by atoms with Crippen molar-refractivity contribution in [3.8, 4) is 0 Å². The number of methoxy groups -OCH3 is 1. The van der Waals surface area contributed by atoms with Crippen LogP contribution >= 0.6 is 11.6 Å². The summed E-state index contributed by atoms with van der Waals surface area (Å²) in [6, 6.07) is 10.7. The minimum atomic E-state index is -0.985. The van der Waals surface area contributed by atoms with Gasteiger partial charge in [0.05, 0.1) is 7.11 Å². The molecule has 2 atom stereocenters. The number of hydrogen-bond donors (Lipinski definition) is 2. The second kappa shape index (κ2) is 10.6. The van der Waals surface area contributed by atoms with Crippen molar-refractivity contribution >= 4 is 29.4 Å². The molecule has 0 saturated heterocycles. The van der Waals surface area contributed by atoms with E-state index in [1.807, 2.05) is 0 Å². The smallest absolute Gasteiger partial charge is 0.328 e. The van der Waals surface area contributed by atoms with Gasteiger partial charge >= 0.3 is 5.97 Å². The van der Waals surface area contributed by atoms with E-state index in [1.54, 1.807) is 30.3 Å². The number of esters is 1. The van der Waals surface area contributed by atoms with Gasteiger partial charge in [0.25, 0.3) is 0 Å². The Bertz CT molecular complexity index is 890. The maximum atomic E-state index is 13.5. The maximum absolute atomic E-state index is 13.5. The first-order chi connectivity index (χ1) is 13.8. The van der Waals surface area contributed by atoms with Gasteiger partial charge in [-0.1, -0.05) is 35.9 Å². The fraction of sp³-hybridized carbons (Fsp3) is 0.286. The lowest BCUT2D eigenvalue weighted by Gasteiger charge is -2.22. The Kier molecular flexibility index (Phi) is 8.15. The van der Waals surface area contributed by atoms with Crippen molar-refractivity contribution in [2.24, 2.45) is 0 Å². The number of benzene rings is 2. The summed E-state index contributed by atoms with van der Waals surface area (Å²) in [6.45, 7) is 1.27. The Morgan fingerprint density at radius 2 is 1.62 bits per heavy atom. The van der Waals surface area contributed by atoms with Crippen LogP contribution in [0.1, 0.15) is 18.1 Å². The molecule has 154 valence electrons. The molecule has 6 nitrogen and oxygen atoms in total. The van der Waals surface area contributed by atoms with Crippen LogP contribution in [0.5, 0.6) is 0 Å². The zero-order valence-corrected chi connectivity index (χ0v) is 16.8. The topological polar surface area (TPSA) is 84.5 Å². The summed E-state index contributed by atoms with van der Waals surface area (Å²) in [6.07, 6.45) is 0.222. The van der Waals surface area contributed by atoms with Gasteiger partial charge in [-0.2, -0.15) is 0 Å². The molecule has 0 fully saturated rings. The number of carbonyl (C=O) groups is 3. The quantitative estimate of drug-likeness (QED) is 0.642. The third-order valence-corrected chi connectivity index (χ3v) is 4.39. The van der Waals surface area contributed by atoms with E-state index in [0.717, 1.165) is 5.56 Å². The molecule has 0 spiro atoms. The monoisotopic (exact) mass is 420 g/mol. The number of ether oxygens (including phenoxy) is 1. The van der Waals surface area contributed by atoms with Crippen LogP contribution in [0, 0.1) is 5.82 Å². The number of amides is 2. The fourth-order valence-corrected chi connectivity index (χ4v) is 3.07. The van der Waals surface area contributed by atoms with Gasteiger partial charge in [-0.3, -0.25) is 9.59 Å². The molecule has 0 heterocycles. The van der Waals surface area contributed by atoms with Crippen molar-refractivity contribution in [1.82, 2.24) is 10.6 Å². The first-order valence-electron chi connectivity index (χ1n) is 8.92. The van der Waals surface area contributed by atoms with Crippen LogP contribution in [0.4, 0.5) is 4.39 Å². The molecule has 2 amide bonds. The number of hydrogen-bond acceptors (Lipinski definition) is 4. The largest absolute Gasteiger partial charge is 0.467 e. The van der Waals surface area contributed by atoms with Crippen molar-refractivity contribution in [1.29, 1.82) is 0 Å². The van der Waals surface area contributed by atoms with Crippen LogP contribution in [-0.2, 0) is 32.0 Å². The predicted octanol–water partition coefficient (Wildman–Crippen LogP) is 2.43. The molecule has 0 radical (unpaired) electrons. The van der Waals surface area contributed by atoms with Gasteiger partial charge in [-0.05, 0) is 35.4 Å². The maximum Gasteiger partial charge on any atom is 0.328 e. The highest BCUT2D eigenvalue weighted by Gasteiger charge is 2.27. The van der Waals surface area contributed by atoms with E-state index in [1.165, 1.54) is 32.2 Å². The minimum absolute atomic E-state index is 0.0637. The zero-order valence-electron chi connectivity index (χ0n) is 16.1. The highest BCUT2D eigenvalue weighted by molar-refractivity contribution is 6.30. The molecule has 0 aliphatic rings. The number of halogens is 2. The minimum Gasteiger partial charge on any atom is -0.467 e. The van der Waals surface area contributed by atoms with Gasteiger partial charge in [0.1, 0.15) is 17.9 Å². The Hall–Kier alpha value is -2.93. The van der Waals surface area contributed by atoms with Crippen LogP contribution < -0.4 is 10.6 Å². The van der Waals surface area contributed by atoms with E-state index in [9.17, 15) is 18.8 Å². The SMILES string of the molecule is COC(=O)[C@H](Cc1cccc(Cl)c1)NC(=O)[C@@H](Cc1cccc(F)c1)NC(C)=O. The Morgan fingerprint density at radius 1 is 1.00 bits per heavy atom. The molecular formula is C21H22ClFN2O4. The van der Waals surface area contributed by atoms with Gasteiger partial charge in [0, 0.05) is 24.8 Å². The van der Waals surface area contributed by atoms with Crippen molar-refractivity contribution in [3.05, 3.63) is 70.5 Å². The van der Waals surface area contributed by atoms with Gasteiger partial charge in [0.2, 0.25) is 11.8 Å². The summed E-state index contributed by atoms with van der Waals surface area (Å²) in [7, 11) is 1.22. The molecule has 0 unspecified atom stereocenters. The Morgan fingerprint density at radius 3 is 2.21 bits per heavy atom. The third-order valence-electron chi connectivity index (χ3n) is 4.15. The molecule has 2 aromatic carbocycles. The standard InChI is InChI=1S/C21H22ClFN2O4/c1-13(26)24-18(11-15-6-4-8-17(23)10-15)20(27)25-19(21(28)29-2)12-14-5-3-7-16(22)9-14/h3-10,18-19H,11-12H2,1-2H3,(H,24,26)(H,25,27)/t18-,19+/m1/s1. The molecule has 0 aliphatic carbocycles. The van der Waals surface area contributed by atoms with Gasteiger partial charge in [0.15, 0.2) is 0 Å². The number of nitrogens with one attached hydrogen (secondary N) is 2. The summed E-state index contributed by atoms with van der Waals surface area (Å²) >= 11 is 5.98. The molecule has 29 heavy (non-hydrogen) atoms. The molecule has 2 rings (SSSR count). The molecule has 0 bridgehead atoms. The highest BCUT2D eigenvalue weighted by Crippen LogP contribution is 2.13. The average molecular weight is 421 g/mol. The predicted molar refractivity (Wildman–Crippen MR) is 107 cm³/mol. The molecule has 2 aromatic rings. The molecule has 8 heteroatoms. The lowest BCUT2D eigenvalue weighted by Crippen LogP contribution is -2.53. The lowest BCUT2D eigenvalue weighted by atomic mass is 10.0. The summed E-state index contributed by atoms with van der Waals surface area (Å²) in [5.74, 6) is -2.09. The third kappa shape index (κ3) is 7.19. The van der Waals surface area contributed by atoms with Crippen LogP contribution in [-0.4, -0.2) is 37.0 Å². The first kappa shape index (κ1) is 22.4. The van der Waals surface area contributed by atoms with E-state index in [0.29, 0.717) is 10.6 Å². The summed E-state index contributed by atoms with van der Waals surface area (Å²) in [5, 5.41) is 5.65. The Labute approximate surface area is 173 Å². The van der Waals surface area contributed by atoms with E-state index in [2.05, 4.69) is 10.6 Å². The van der Waals surface area contributed by atoms with Crippen molar-refractivity contribution in [3.63, 3.8) is 0 Å². The molecular weight excluding hydrogens is 399 g/mol.